The fourth-order valence-corrected chi connectivity index (χ4v) is 4.14. The highest BCUT2D eigenvalue weighted by Crippen LogP contribution is 2.32. The Labute approximate surface area is 168 Å². The average Bonchev–Trinajstić information content (AvgIpc) is 3.18. The zero-order valence-electron chi connectivity index (χ0n) is 16.0. The van der Waals surface area contributed by atoms with Crippen molar-refractivity contribution in [2.24, 2.45) is 4.99 Å². The highest BCUT2D eigenvalue weighted by Gasteiger charge is 2.18. The SMILES string of the molecule is COc1ccc(-c2csc(=Nc3ccccc3)n2N2CCOCC2)cc1OC. The first-order chi connectivity index (χ1) is 13.8. The van der Waals surface area contributed by atoms with Crippen molar-refractivity contribution < 1.29 is 14.2 Å². The lowest BCUT2D eigenvalue weighted by molar-refractivity contribution is 0.111. The van der Waals surface area contributed by atoms with Crippen molar-refractivity contribution in [1.82, 2.24) is 4.68 Å². The van der Waals surface area contributed by atoms with E-state index in [1.54, 1.807) is 25.6 Å². The summed E-state index contributed by atoms with van der Waals surface area (Å²) in [6.45, 7) is 3.05. The van der Waals surface area contributed by atoms with Gasteiger partial charge in [0, 0.05) is 10.9 Å². The Kier molecular flexibility index (Phi) is 5.64. The lowest BCUT2D eigenvalue weighted by Gasteiger charge is -2.31. The molecule has 0 saturated carbocycles. The van der Waals surface area contributed by atoms with E-state index in [0.29, 0.717) is 24.7 Å². The maximum absolute atomic E-state index is 5.55. The summed E-state index contributed by atoms with van der Waals surface area (Å²) in [6.07, 6.45) is 0. The van der Waals surface area contributed by atoms with E-state index in [0.717, 1.165) is 34.8 Å². The molecule has 0 spiro atoms. The van der Waals surface area contributed by atoms with Gasteiger partial charge in [0.25, 0.3) is 0 Å². The van der Waals surface area contributed by atoms with Crippen molar-refractivity contribution in [2.45, 2.75) is 0 Å². The number of para-hydroxylation sites is 1. The summed E-state index contributed by atoms with van der Waals surface area (Å²) in [5, 5.41) is 4.42. The van der Waals surface area contributed by atoms with Gasteiger partial charge in [-0.3, -0.25) is 0 Å². The van der Waals surface area contributed by atoms with Gasteiger partial charge in [0.2, 0.25) is 4.80 Å². The van der Waals surface area contributed by atoms with E-state index in [1.165, 1.54) is 0 Å². The van der Waals surface area contributed by atoms with E-state index in [1.807, 2.05) is 48.5 Å². The molecular formula is C21H23N3O3S. The quantitative estimate of drug-likeness (QED) is 0.662. The Morgan fingerprint density at radius 1 is 0.964 bits per heavy atom. The minimum absolute atomic E-state index is 0.707. The molecule has 6 nitrogen and oxygen atoms in total. The van der Waals surface area contributed by atoms with Crippen LogP contribution in [0.5, 0.6) is 11.5 Å². The predicted molar refractivity (Wildman–Crippen MR) is 111 cm³/mol. The van der Waals surface area contributed by atoms with E-state index in [2.05, 4.69) is 15.1 Å². The molecule has 2 heterocycles. The number of hydrogen-bond donors (Lipinski definition) is 0. The Balaban J connectivity index is 1.85. The minimum atomic E-state index is 0.707. The molecule has 3 aromatic rings. The van der Waals surface area contributed by atoms with Crippen LogP contribution in [0.1, 0.15) is 0 Å². The summed E-state index contributed by atoms with van der Waals surface area (Å²) in [6, 6.07) is 16.0. The molecule has 0 atom stereocenters. The van der Waals surface area contributed by atoms with E-state index in [-0.39, 0.29) is 0 Å². The molecule has 1 saturated heterocycles. The van der Waals surface area contributed by atoms with Gasteiger partial charge >= 0.3 is 0 Å². The van der Waals surface area contributed by atoms with E-state index in [4.69, 9.17) is 19.2 Å². The molecule has 1 aromatic heterocycles. The second-order valence-corrected chi connectivity index (χ2v) is 7.14. The Morgan fingerprint density at radius 3 is 2.43 bits per heavy atom. The van der Waals surface area contributed by atoms with Crippen LogP contribution in [-0.2, 0) is 4.74 Å². The number of benzene rings is 2. The molecular weight excluding hydrogens is 374 g/mol. The Hall–Kier alpha value is -2.77. The molecule has 0 unspecified atom stereocenters. The third-order valence-corrected chi connectivity index (χ3v) is 5.43. The predicted octanol–water partition coefficient (Wildman–Crippen LogP) is 3.43. The average molecular weight is 398 g/mol. The molecule has 0 aliphatic carbocycles. The largest absolute Gasteiger partial charge is 0.493 e. The highest BCUT2D eigenvalue weighted by atomic mass is 32.1. The molecule has 28 heavy (non-hydrogen) atoms. The number of morpholine rings is 1. The number of ether oxygens (including phenoxy) is 3. The number of thiazole rings is 1. The second-order valence-electron chi connectivity index (χ2n) is 6.30. The lowest BCUT2D eigenvalue weighted by atomic mass is 10.1. The first-order valence-electron chi connectivity index (χ1n) is 9.16. The normalized spacial score (nSPS) is 14.9. The van der Waals surface area contributed by atoms with Crippen molar-refractivity contribution >= 4 is 17.0 Å². The van der Waals surface area contributed by atoms with Crippen LogP contribution < -0.4 is 19.3 Å². The van der Waals surface area contributed by atoms with Crippen molar-refractivity contribution in [3.8, 4) is 22.8 Å². The van der Waals surface area contributed by atoms with Gasteiger partial charge in [-0.05, 0) is 30.3 Å². The van der Waals surface area contributed by atoms with Gasteiger partial charge in [0.05, 0.1) is 51.9 Å². The zero-order valence-corrected chi connectivity index (χ0v) is 16.8. The van der Waals surface area contributed by atoms with Crippen LogP contribution >= 0.6 is 11.3 Å². The maximum Gasteiger partial charge on any atom is 0.209 e. The van der Waals surface area contributed by atoms with Crippen LogP contribution in [0.4, 0.5) is 5.69 Å². The van der Waals surface area contributed by atoms with E-state index in [9.17, 15) is 0 Å². The third-order valence-electron chi connectivity index (χ3n) is 4.62. The summed E-state index contributed by atoms with van der Waals surface area (Å²) in [5.74, 6) is 1.43. The topological polar surface area (TPSA) is 48.2 Å². The van der Waals surface area contributed by atoms with Gasteiger partial charge in [-0.2, -0.15) is 0 Å². The van der Waals surface area contributed by atoms with Gasteiger partial charge in [0.15, 0.2) is 11.5 Å². The molecule has 2 aromatic carbocycles. The lowest BCUT2D eigenvalue weighted by Crippen LogP contribution is -2.48. The minimum Gasteiger partial charge on any atom is -0.493 e. The summed E-state index contributed by atoms with van der Waals surface area (Å²) in [4.78, 5) is 5.81. The molecule has 4 rings (SSSR count). The van der Waals surface area contributed by atoms with Crippen molar-refractivity contribution in [1.29, 1.82) is 0 Å². The summed E-state index contributed by atoms with van der Waals surface area (Å²) in [5.41, 5.74) is 3.06. The van der Waals surface area contributed by atoms with Crippen LogP contribution in [-0.4, -0.2) is 45.2 Å². The fraction of sp³-hybridized carbons (Fsp3) is 0.286. The molecule has 1 fully saturated rings. The molecule has 1 aliphatic rings. The summed E-state index contributed by atoms with van der Waals surface area (Å²) >= 11 is 1.62. The van der Waals surface area contributed by atoms with Gasteiger partial charge in [-0.25, -0.2) is 9.67 Å². The molecule has 0 radical (unpaired) electrons. The van der Waals surface area contributed by atoms with E-state index >= 15 is 0 Å². The van der Waals surface area contributed by atoms with Crippen LogP contribution in [0.15, 0.2) is 58.9 Å². The maximum atomic E-state index is 5.55. The number of rotatable bonds is 5. The number of aromatic nitrogens is 1. The molecule has 0 N–H and O–H groups in total. The zero-order chi connectivity index (χ0) is 19.3. The molecule has 0 amide bonds. The smallest absolute Gasteiger partial charge is 0.209 e. The monoisotopic (exact) mass is 397 g/mol. The highest BCUT2D eigenvalue weighted by molar-refractivity contribution is 7.07. The Morgan fingerprint density at radius 2 is 1.71 bits per heavy atom. The van der Waals surface area contributed by atoms with Crippen LogP contribution in [0.25, 0.3) is 11.3 Å². The van der Waals surface area contributed by atoms with Gasteiger partial charge < -0.3 is 19.2 Å². The molecule has 146 valence electrons. The van der Waals surface area contributed by atoms with Crippen molar-refractivity contribution in [3.63, 3.8) is 0 Å². The van der Waals surface area contributed by atoms with Gasteiger partial charge in [0.1, 0.15) is 0 Å². The van der Waals surface area contributed by atoms with Gasteiger partial charge in [-0.15, -0.1) is 11.3 Å². The standard InChI is InChI=1S/C21H23N3O3S/c1-25-19-9-8-16(14-20(19)26-2)18-15-28-21(22-17-6-4-3-5-7-17)24(18)23-10-12-27-13-11-23/h3-9,14-15H,10-13H2,1-2H3. The van der Waals surface area contributed by atoms with E-state index < -0.39 is 0 Å². The van der Waals surface area contributed by atoms with Crippen molar-refractivity contribution in [3.05, 3.63) is 58.7 Å². The fourth-order valence-electron chi connectivity index (χ4n) is 3.21. The molecule has 7 heteroatoms. The first-order valence-corrected chi connectivity index (χ1v) is 10.0. The van der Waals surface area contributed by atoms with Crippen molar-refractivity contribution in [2.75, 3.05) is 45.5 Å². The third kappa shape index (κ3) is 3.76. The van der Waals surface area contributed by atoms with Crippen LogP contribution in [0.3, 0.4) is 0 Å². The van der Waals surface area contributed by atoms with Crippen LogP contribution in [0.2, 0.25) is 0 Å². The Bertz CT molecular complexity index is 992. The van der Waals surface area contributed by atoms with Gasteiger partial charge in [-0.1, -0.05) is 18.2 Å². The number of nitrogens with zero attached hydrogens (tertiary/aromatic N) is 3. The number of hydrogen-bond acceptors (Lipinski definition) is 6. The molecule has 1 aliphatic heterocycles. The summed E-state index contributed by atoms with van der Waals surface area (Å²) in [7, 11) is 3.30. The molecule has 0 bridgehead atoms. The second kappa shape index (κ2) is 8.50. The first kappa shape index (κ1) is 18.6. The summed E-state index contributed by atoms with van der Waals surface area (Å²) < 4.78 is 18.6. The number of methoxy groups -OCH3 is 2. The van der Waals surface area contributed by atoms with Crippen LogP contribution in [0, 0.1) is 0 Å².